The van der Waals surface area contributed by atoms with Gasteiger partial charge < -0.3 is 15.3 Å². The Kier molecular flexibility index (Phi) is 6.87. The predicted molar refractivity (Wildman–Crippen MR) is 128 cm³/mol. The Morgan fingerprint density at radius 3 is 2.66 bits per heavy atom. The smallest absolute Gasteiger partial charge is 0.247 e. The number of rotatable bonds is 7. The van der Waals surface area contributed by atoms with Crippen LogP contribution in [0.15, 0.2) is 77.3 Å². The van der Waals surface area contributed by atoms with E-state index in [9.17, 15) is 9.90 Å². The van der Waals surface area contributed by atoms with Crippen LogP contribution in [-0.4, -0.2) is 40.2 Å². The molecule has 7 heteroatoms. The number of β-amino-alcohol motifs (C(OH)–C–C–N with tert-alkyl or cyclic N) is 1. The van der Waals surface area contributed by atoms with Crippen molar-refractivity contribution >= 4 is 29.0 Å². The summed E-state index contributed by atoms with van der Waals surface area (Å²) in [6.07, 6.45) is 4.37. The summed E-state index contributed by atoms with van der Waals surface area (Å²) in [5, 5.41) is 13.4. The van der Waals surface area contributed by atoms with E-state index in [0.29, 0.717) is 13.0 Å². The molecule has 4 rings (SSSR count). The van der Waals surface area contributed by atoms with Gasteiger partial charge in [-0.15, -0.1) is 0 Å². The molecule has 1 atom stereocenters. The lowest BCUT2D eigenvalue weighted by Gasteiger charge is -2.18. The fourth-order valence-corrected chi connectivity index (χ4v) is 4.40. The van der Waals surface area contributed by atoms with Crippen LogP contribution >= 0.6 is 11.8 Å². The summed E-state index contributed by atoms with van der Waals surface area (Å²) in [6.45, 7) is 7.06. The summed E-state index contributed by atoms with van der Waals surface area (Å²) in [5.41, 5.74) is 4.03. The molecule has 0 radical (unpaired) electrons. The summed E-state index contributed by atoms with van der Waals surface area (Å²) in [7, 11) is 0. The number of nitrogens with zero attached hydrogens (tertiary/aromatic N) is 3. The van der Waals surface area contributed by atoms with E-state index < -0.39 is 0 Å². The van der Waals surface area contributed by atoms with E-state index in [4.69, 9.17) is 4.98 Å². The monoisotopic (exact) mass is 446 g/mol. The zero-order valence-electron chi connectivity index (χ0n) is 18.0. The summed E-state index contributed by atoms with van der Waals surface area (Å²) in [4.78, 5) is 24.0. The van der Waals surface area contributed by atoms with E-state index in [-0.39, 0.29) is 12.0 Å². The zero-order chi connectivity index (χ0) is 22.5. The van der Waals surface area contributed by atoms with Crippen molar-refractivity contribution in [2.75, 3.05) is 23.3 Å². The maximum Gasteiger partial charge on any atom is 0.247 e. The highest BCUT2D eigenvalue weighted by Crippen LogP contribution is 2.29. The zero-order valence-corrected chi connectivity index (χ0v) is 18.8. The van der Waals surface area contributed by atoms with Gasteiger partial charge in [0.1, 0.15) is 10.9 Å². The van der Waals surface area contributed by atoms with Crippen molar-refractivity contribution < 1.29 is 9.90 Å². The molecule has 1 aromatic heterocycles. The minimum Gasteiger partial charge on any atom is -0.391 e. The van der Waals surface area contributed by atoms with Crippen molar-refractivity contribution in [1.82, 2.24) is 9.97 Å². The Labute approximate surface area is 192 Å². The highest BCUT2D eigenvalue weighted by molar-refractivity contribution is 7.99. The van der Waals surface area contributed by atoms with Crippen molar-refractivity contribution in [3.63, 3.8) is 0 Å². The topological polar surface area (TPSA) is 78.4 Å². The molecule has 1 amide bonds. The summed E-state index contributed by atoms with van der Waals surface area (Å²) < 4.78 is 0. The molecule has 0 aliphatic carbocycles. The molecule has 6 nitrogen and oxygen atoms in total. The Morgan fingerprint density at radius 2 is 2.00 bits per heavy atom. The van der Waals surface area contributed by atoms with E-state index >= 15 is 0 Å². The second-order valence-corrected chi connectivity index (χ2v) is 8.89. The van der Waals surface area contributed by atoms with E-state index in [1.807, 2.05) is 37.4 Å². The number of anilines is 2. The van der Waals surface area contributed by atoms with Crippen molar-refractivity contribution in [2.45, 2.75) is 35.8 Å². The number of carbonyl (C=O) groups is 1. The average Bonchev–Trinajstić information content (AvgIpc) is 3.24. The number of aromatic nitrogens is 2. The van der Waals surface area contributed by atoms with Gasteiger partial charge in [0, 0.05) is 42.0 Å². The number of aliphatic hydroxyl groups excluding tert-OH is 1. The normalized spacial score (nSPS) is 15.6. The van der Waals surface area contributed by atoms with Crippen LogP contribution in [0, 0.1) is 6.92 Å². The van der Waals surface area contributed by atoms with Crippen LogP contribution in [0.2, 0.25) is 0 Å². The van der Waals surface area contributed by atoms with Gasteiger partial charge in [0.25, 0.3) is 0 Å². The number of benzene rings is 2. The van der Waals surface area contributed by atoms with Gasteiger partial charge in [0.2, 0.25) is 5.91 Å². The van der Waals surface area contributed by atoms with Gasteiger partial charge in [-0.3, -0.25) is 4.79 Å². The van der Waals surface area contributed by atoms with E-state index in [0.717, 1.165) is 51.2 Å². The standard InChI is InChI=1S/C25H26N4O2S/c1-3-24(31)27-19-6-10-22(11-7-19)32-25-17(2)15-26-23(28-25)14-18-4-8-20(9-5-18)29-13-12-21(30)16-29/h3-11,15,21,30H,1,12-14,16H2,2H3,(H,27,31). The first kappa shape index (κ1) is 22.0. The van der Waals surface area contributed by atoms with Crippen LogP contribution in [-0.2, 0) is 11.2 Å². The van der Waals surface area contributed by atoms with Crippen LogP contribution < -0.4 is 10.2 Å². The molecule has 1 fully saturated rings. The van der Waals surface area contributed by atoms with E-state index in [2.05, 4.69) is 46.0 Å². The third-order valence-electron chi connectivity index (χ3n) is 5.32. The second-order valence-electron chi connectivity index (χ2n) is 7.83. The third-order valence-corrected chi connectivity index (χ3v) is 6.44. The number of amides is 1. The molecule has 1 aliphatic heterocycles. The van der Waals surface area contributed by atoms with Gasteiger partial charge in [0.15, 0.2) is 0 Å². The SMILES string of the molecule is C=CC(=O)Nc1ccc(Sc2nc(Cc3ccc(N4CCC(O)C4)cc3)ncc2C)cc1. The fraction of sp³-hybridized carbons (Fsp3) is 0.240. The molecule has 1 unspecified atom stereocenters. The first-order valence-electron chi connectivity index (χ1n) is 10.6. The van der Waals surface area contributed by atoms with Gasteiger partial charge >= 0.3 is 0 Å². The maximum absolute atomic E-state index is 11.4. The van der Waals surface area contributed by atoms with Crippen LogP contribution in [0.1, 0.15) is 23.4 Å². The van der Waals surface area contributed by atoms with Gasteiger partial charge in [-0.1, -0.05) is 30.5 Å². The third kappa shape index (κ3) is 5.55. The Hall–Kier alpha value is -3.16. The Balaban J connectivity index is 1.42. The minimum absolute atomic E-state index is 0.228. The van der Waals surface area contributed by atoms with E-state index in [1.54, 1.807) is 11.8 Å². The molecule has 0 bridgehead atoms. The quantitative estimate of drug-likeness (QED) is 0.418. The predicted octanol–water partition coefficient (Wildman–Crippen LogP) is 4.22. The molecule has 2 aromatic carbocycles. The number of carbonyl (C=O) groups excluding carboxylic acids is 1. The number of hydrogen-bond donors (Lipinski definition) is 2. The lowest BCUT2D eigenvalue weighted by Crippen LogP contribution is -2.20. The first-order valence-corrected chi connectivity index (χ1v) is 11.4. The Morgan fingerprint density at radius 1 is 1.25 bits per heavy atom. The molecule has 2 heterocycles. The number of nitrogens with one attached hydrogen (secondary N) is 1. The van der Waals surface area contributed by atoms with Crippen LogP contribution in [0.5, 0.6) is 0 Å². The molecule has 0 saturated carbocycles. The van der Waals surface area contributed by atoms with Crippen LogP contribution in [0.25, 0.3) is 0 Å². The molecule has 164 valence electrons. The maximum atomic E-state index is 11.4. The van der Waals surface area contributed by atoms with Crippen molar-refractivity contribution in [3.05, 3.63) is 84.3 Å². The average molecular weight is 447 g/mol. The van der Waals surface area contributed by atoms with Gasteiger partial charge in [-0.2, -0.15) is 0 Å². The van der Waals surface area contributed by atoms with Crippen molar-refractivity contribution in [1.29, 1.82) is 0 Å². The molecule has 32 heavy (non-hydrogen) atoms. The summed E-state index contributed by atoms with van der Waals surface area (Å²) in [5.74, 6) is 0.546. The minimum atomic E-state index is -0.229. The molecule has 0 spiro atoms. The van der Waals surface area contributed by atoms with Crippen LogP contribution in [0.4, 0.5) is 11.4 Å². The summed E-state index contributed by atoms with van der Waals surface area (Å²) >= 11 is 1.58. The highest BCUT2D eigenvalue weighted by atomic mass is 32.2. The number of aliphatic hydroxyl groups is 1. The number of hydrogen-bond acceptors (Lipinski definition) is 6. The van der Waals surface area contributed by atoms with Gasteiger partial charge in [-0.25, -0.2) is 9.97 Å². The van der Waals surface area contributed by atoms with Crippen LogP contribution in [0.3, 0.4) is 0 Å². The fourth-order valence-electron chi connectivity index (χ4n) is 3.54. The molecular formula is C25H26N4O2S. The summed E-state index contributed by atoms with van der Waals surface area (Å²) in [6, 6.07) is 16.0. The largest absolute Gasteiger partial charge is 0.391 e. The van der Waals surface area contributed by atoms with E-state index in [1.165, 1.54) is 6.08 Å². The van der Waals surface area contributed by atoms with Crippen molar-refractivity contribution in [3.8, 4) is 0 Å². The van der Waals surface area contributed by atoms with Gasteiger partial charge in [-0.05, 0) is 66.9 Å². The molecular weight excluding hydrogens is 420 g/mol. The van der Waals surface area contributed by atoms with Crippen molar-refractivity contribution in [2.24, 2.45) is 0 Å². The molecule has 3 aromatic rings. The molecule has 1 saturated heterocycles. The number of aryl methyl sites for hydroxylation is 1. The van der Waals surface area contributed by atoms with Gasteiger partial charge in [0.05, 0.1) is 6.10 Å². The first-order chi connectivity index (χ1) is 15.5. The highest BCUT2D eigenvalue weighted by Gasteiger charge is 2.20. The molecule has 1 aliphatic rings. The lowest BCUT2D eigenvalue weighted by molar-refractivity contribution is -0.111. The Bertz CT molecular complexity index is 1100. The lowest BCUT2D eigenvalue weighted by atomic mass is 10.1. The second kappa shape index (κ2) is 9.97. The molecule has 2 N–H and O–H groups in total.